The minimum Gasteiger partial charge on any atom is -0.444 e. The number of ether oxygens (including phenoxy) is 1. The highest BCUT2D eigenvalue weighted by Crippen LogP contribution is 2.33. The molecule has 4 heteroatoms. The van der Waals surface area contributed by atoms with Crippen molar-refractivity contribution in [3.05, 3.63) is 71.8 Å². The average molecular weight is 414 g/mol. The Morgan fingerprint density at radius 3 is 2.16 bits per heavy atom. The summed E-state index contributed by atoms with van der Waals surface area (Å²) in [6.45, 7) is 9.79. The molecule has 0 unspecified atom stereocenters. The van der Waals surface area contributed by atoms with Gasteiger partial charge in [0.25, 0.3) is 0 Å². The van der Waals surface area contributed by atoms with E-state index in [-0.39, 0.29) is 0 Å². The van der Waals surface area contributed by atoms with Gasteiger partial charge >= 0.3 is 6.09 Å². The Morgan fingerprint density at radius 2 is 1.48 bits per heavy atom. The lowest BCUT2D eigenvalue weighted by atomic mass is 9.97. The number of aryl methyl sites for hydroxylation is 3. The molecule has 1 aromatic heterocycles. The second kappa shape index (κ2) is 7.69. The highest BCUT2D eigenvalue weighted by molar-refractivity contribution is 6.09. The van der Waals surface area contributed by atoms with Crippen LogP contribution >= 0.6 is 0 Å². The molecule has 0 aliphatic heterocycles. The van der Waals surface area contributed by atoms with Crippen molar-refractivity contribution in [1.29, 1.82) is 0 Å². The zero-order valence-corrected chi connectivity index (χ0v) is 19.0. The van der Waals surface area contributed by atoms with Crippen LogP contribution < -0.4 is 9.88 Å². The van der Waals surface area contributed by atoms with Gasteiger partial charge in [-0.2, -0.15) is 4.57 Å². The van der Waals surface area contributed by atoms with Crippen LogP contribution in [0.3, 0.4) is 0 Å². The van der Waals surface area contributed by atoms with Crippen LogP contribution in [-0.4, -0.2) is 11.7 Å². The number of hydrogen-bond acceptors (Lipinski definition) is 2. The second-order valence-corrected chi connectivity index (χ2v) is 9.18. The van der Waals surface area contributed by atoms with Gasteiger partial charge in [-0.3, -0.25) is 5.32 Å². The molecule has 0 saturated heterocycles. The number of nitrogens with zero attached hydrogens (tertiary/aromatic N) is 1. The van der Waals surface area contributed by atoms with E-state index in [2.05, 4.69) is 79.3 Å². The summed E-state index contributed by atoms with van der Waals surface area (Å²) in [7, 11) is 2.08. The smallest absolute Gasteiger partial charge is 0.412 e. The number of nitrogens with one attached hydrogen (secondary N) is 1. The Labute approximate surface area is 183 Å². The fourth-order valence-electron chi connectivity index (χ4n) is 3.99. The fourth-order valence-corrected chi connectivity index (χ4v) is 3.99. The third kappa shape index (κ3) is 4.24. The molecule has 0 fully saturated rings. The van der Waals surface area contributed by atoms with Gasteiger partial charge in [-0.05, 0) is 65.0 Å². The van der Waals surface area contributed by atoms with E-state index < -0.39 is 11.7 Å². The van der Waals surface area contributed by atoms with Crippen molar-refractivity contribution in [2.45, 2.75) is 40.2 Å². The van der Waals surface area contributed by atoms with Gasteiger partial charge in [-0.15, -0.1) is 0 Å². The molecule has 0 saturated carbocycles. The number of amides is 1. The molecule has 0 spiro atoms. The summed E-state index contributed by atoms with van der Waals surface area (Å²) in [5.41, 5.74) is 5.98. The van der Waals surface area contributed by atoms with E-state index in [0.717, 1.165) is 22.2 Å². The first-order valence-electron chi connectivity index (χ1n) is 10.6. The zero-order valence-electron chi connectivity index (χ0n) is 19.0. The third-order valence-corrected chi connectivity index (χ3v) is 5.39. The lowest BCUT2D eigenvalue weighted by molar-refractivity contribution is -0.632. The first-order chi connectivity index (χ1) is 14.6. The molecule has 31 heavy (non-hydrogen) atoms. The van der Waals surface area contributed by atoms with Crippen molar-refractivity contribution >= 4 is 33.5 Å². The predicted octanol–water partition coefficient (Wildman–Crippen LogP) is 6.45. The van der Waals surface area contributed by atoms with E-state index in [0.29, 0.717) is 5.69 Å². The monoisotopic (exact) mass is 413 g/mol. The second-order valence-electron chi connectivity index (χ2n) is 9.18. The van der Waals surface area contributed by atoms with Gasteiger partial charge in [0.2, 0.25) is 11.2 Å². The quantitative estimate of drug-likeness (QED) is 0.303. The molecule has 4 aromatic rings. The summed E-state index contributed by atoms with van der Waals surface area (Å²) in [5, 5.41) is 6.42. The molecular weight excluding hydrogens is 384 g/mol. The fraction of sp³-hybridized carbons (Fsp3) is 0.259. The SMILES string of the molecule is Cc1ccc(-c2c3cc(C)ccc3c3ccc(NC(=O)OC(C)(C)C)cc3[n+]2C)cc1. The van der Waals surface area contributed by atoms with Gasteiger partial charge in [0.1, 0.15) is 12.6 Å². The number of carbonyl (C=O) groups excluding carboxylic acids is 1. The summed E-state index contributed by atoms with van der Waals surface area (Å²) >= 11 is 0. The summed E-state index contributed by atoms with van der Waals surface area (Å²) in [6, 6.07) is 21.2. The lowest BCUT2D eigenvalue weighted by Gasteiger charge is -2.19. The van der Waals surface area contributed by atoms with Gasteiger partial charge in [0.15, 0.2) is 0 Å². The Kier molecular flexibility index (Phi) is 5.18. The third-order valence-electron chi connectivity index (χ3n) is 5.39. The molecule has 1 heterocycles. The molecule has 158 valence electrons. The largest absolute Gasteiger partial charge is 0.444 e. The summed E-state index contributed by atoms with van der Waals surface area (Å²) in [5.74, 6) is 0. The Balaban J connectivity index is 1.92. The number of pyridine rings is 1. The number of anilines is 1. The number of aromatic nitrogens is 1. The maximum Gasteiger partial charge on any atom is 0.412 e. The van der Waals surface area contributed by atoms with Crippen LogP contribution in [0.4, 0.5) is 10.5 Å². The predicted molar refractivity (Wildman–Crippen MR) is 127 cm³/mol. The van der Waals surface area contributed by atoms with Crippen LogP contribution in [0.1, 0.15) is 31.9 Å². The van der Waals surface area contributed by atoms with Gasteiger partial charge in [0.05, 0.1) is 16.5 Å². The Bertz CT molecular complexity index is 1300. The molecule has 0 bridgehead atoms. The van der Waals surface area contributed by atoms with Crippen LogP contribution in [-0.2, 0) is 11.8 Å². The van der Waals surface area contributed by atoms with Crippen molar-refractivity contribution in [3.8, 4) is 11.3 Å². The van der Waals surface area contributed by atoms with Gasteiger partial charge in [0, 0.05) is 17.0 Å². The minimum atomic E-state index is -0.543. The summed E-state index contributed by atoms with van der Waals surface area (Å²) in [4.78, 5) is 12.3. The van der Waals surface area contributed by atoms with Gasteiger partial charge in [-0.25, -0.2) is 4.79 Å². The molecule has 0 aliphatic rings. The molecule has 1 N–H and O–H groups in total. The zero-order chi connectivity index (χ0) is 22.3. The standard InChI is InChI=1S/C27H28N2O2/c1-17-7-10-19(11-8-17)25-23-15-18(2)9-13-21(23)22-14-12-20(16-24(22)29(25)6)28-26(30)31-27(3,4)5/h7-16H,1-6H3/p+1. The molecule has 3 aromatic carbocycles. The summed E-state index contributed by atoms with van der Waals surface area (Å²) in [6.07, 6.45) is -0.454. The number of rotatable bonds is 2. The van der Waals surface area contributed by atoms with E-state index in [1.54, 1.807) is 0 Å². The van der Waals surface area contributed by atoms with Crippen molar-refractivity contribution in [1.82, 2.24) is 0 Å². The van der Waals surface area contributed by atoms with E-state index in [4.69, 9.17) is 4.74 Å². The van der Waals surface area contributed by atoms with E-state index in [1.807, 2.05) is 32.9 Å². The highest BCUT2D eigenvalue weighted by Gasteiger charge is 2.22. The van der Waals surface area contributed by atoms with Gasteiger partial charge < -0.3 is 4.74 Å². The van der Waals surface area contributed by atoms with Crippen molar-refractivity contribution < 1.29 is 14.1 Å². The number of fused-ring (bicyclic) bond motifs is 3. The molecule has 1 amide bonds. The maximum atomic E-state index is 12.3. The Morgan fingerprint density at radius 1 is 0.839 bits per heavy atom. The van der Waals surface area contributed by atoms with E-state index in [9.17, 15) is 4.79 Å². The first-order valence-corrected chi connectivity index (χ1v) is 10.6. The topological polar surface area (TPSA) is 42.2 Å². The van der Waals surface area contributed by atoms with Gasteiger partial charge in [-0.1, -0.05) is 35.4 Å². The van der Waals surface area contributed by atoms with Crippen LogP contribution in [0, 0.1) is 13.8 Å². The molecule has 4 rings (SSSR count). The Hall–Kier alpha value is -3.40. The maximum absolute atomic E-state index is 12.3. The molecule has 4 nitrogen and oxygen atoms in total. The molecular formula is C27H29N2O2+. The van der Waals surface area contributed by atoms with E-state index >= 15 is 0 Å². The molecule has 0 radical (unpaired) electrons. The molecule has 0 aliphatic carbocycles. The highest BCUT2D eigenvalue weighted by atomic mass is 16.6. The lowest BCUT2D eigenvalue weighted by Crippen LogP contribution is -2.33. The van der Waals surface area contributed by atoms with Crippen molar-refractivity contribution in [3.63, 3.8) is 0 Å². The average Bonchev–Trinajstić information content (AvgIpc) is 2.68. The van der Waals surface area contributed by atoms with Crippen molar-refractivity contribution in [2.24, 2.45) is 7.05 Å². The first kappa shape index (κ1) is 20.9. The molecule has 0 atom stereocenters. The number of hydrogen-bond donors (Lipinski definition) is 1. The van der Waals surface area contributed by atoms with Crippen molar-refractivity contribution in [2.75, 3.05) is 5.32 Å². The number of benzene rings is 3. The van der Waals surface area contributed by atoms with E-state index in [1.165, 1.54) is 21.9 Å². The van der Waals surface area contributed by atoms with Crippen LogP contribution in [0.25, 0.3) is 32.9 Å². The minimum absolute atomic E-state index is 0.454. The van der Waals surface area contributed by atoms with Crippen LogP contribution in [0.2, 0.25) is 0 Å². The number of carbonyl (C=O) groups is 1. The normalized spacial score (nSPS) is 11.7. The van der Waals surface area contributed by atoms with Crippen LogP contribution in [0.15, 0.2) is 60.7 Å². The van der Waals surface area contributed by atoms with Crippen LogP contribution in [0.5, 0.6) is 0 Å². The summed E-state index contributed by atoms with van der Waals surface area (Å²) < 4.78 is 7.63.